The number of hydrogen-bond acceptors (Lipinski definition) is 2. The van der Waals surface area contributed by atoms with Crippen molar-refractivity contribution < 1.29 is 9.84 Å². The molecule has 0 bridgehead atoms. The summed E-state index contributed by atoms with van der Waals surface area (Å²) in [5.41, 5.74) is 4.82. The minimum absolute atomic E-state index is 0.0470. The molecule has 0 saturated carbocycles. The predicted molar refractivity (Wildman–Crippen MR) is 86.4 cm³/mol. The molecule has 3 rings (SSSR count). The topological polar surface area (TPSA) is 29.5 Å². The number of aliphatic hydroxyl groups excluding tert-OH is 1. The standard InChI is InChI=1S/C19H18O2/c1-21-16-11-10-15-9-8-14-5-2-3-6-17(14)18(7-4-12-20)19(15)13-16/h2-11,13,18,20H,12H2,1H3. The Morgan fingerprint density at radius 1 is 1.05 bits per heavy atom. The summed E-state index contributed by atoms with van der Waals surface area (Å²) in [5.74, 6) is 0.970. The van der Waals surface area contributed by atoms with Gasteiger partial charge in [-0.1, -0.05) is 54.6 Å². The van der Waals surface area contributed by atoms with Gasteiger partial charge in [-0.3, -0.25) is 0 Å². The molecule has 2 aromatic carbocycles. The van der Waals surface area contributed by atoms with Crippen molar-refractivity contribution in [1.82, 2.24) is 0 Å². The molecule has 1 aliphatic carbocycles. The monoisotopic (exact) mass is 278 g/mol. The highest BCUT2D eigenvalue weighted by molar-refractivity contribution is 5.77. The molecule has 0 aromatic heterocycles. The first-order valence-corrected chi connectivity index (χ1v) is 7.06. The van der Waals surface area contributed by atoms with Crippen LogP contribution in [0.3, 0.4) is 0 Å². The Kier molecular flexibility index (Phi) is 3.89. The maximum atomic E-state index is 9.14. The van der Waals surface area contributed by atoms with Gasteiger partial charge < -0.3 is 9.84 Å². The van der Waals surface area contributed by atoms with E-state index in [9.17, 15) is 0 Å². The van der Waals surface area contributed by atoms with Gasteiger partial charge in [-0.25, -0.2) is 0 Å². The zero-order chi connectivity index (χ0) is 14.7. The number of methoxy groups -OCH3 is 1. The van der Waals surface area contributed by atoms with Gasteiger partial charge in [-0.15, -0.1) is 0 Å². The van der Waals surface area contributed by atoms with Gasteiger partial charge in [0.05, 0.1) is 13.7 Å². The van der Waals surface area contributed by atoms with Gasteiger partial charge in [-0.2, -0.15) is 0 Å². The molecule has 1 aliphatic rings. The zero-order valence-electron chi connectivity index (χ0n) is 12.0. The Morgan fingerprint density at radius 2 is 1.81 bits per heavy atom. The van der Waals surface area contributed by atoms with Crippen molar-refractivity contribution in [2.75, 3.05) is 13.7 Å². The summed E-state index contributed by atoms with van der Waals surface area (Å²) in [6.45, 7) is 0.0470. The summed E-state index contributed by atoms with van der Waals surface area (Å²) in [4.78, 5) is 0. The molecule has 21 heavy (non-hydrogen) atoms. The van der Waals surface area contributed by atoms with E-state index in [0.717, 1.165) is 5.75 Å². The number of aliphatic hydroxyl groups is 1. The van der Waals surface area contributed by atoms with E-state index in [0.29, 0.717) is 0 Å². The molecular formula is C19H18O2. The van der Waals surface area contributed by atoms with E-state index in [1.165, 1.54) is 22.3 Å². The Labute approximate surface area is 125 Å². The van der Waals surface area contributed by atoms with Crippen LogP contribution in [0.5, 0.6) is 5.75 Å². The van der Waals surface area contributed by atoms with E-state index in [1.807, 2.05) is 12.1 Å². The highest BCUT2D eigenvalue weighted by atomic mass is 16.5. The second kappa shape index (κ2) is 5.98. The number of hydrogen-bond donors (Lipinski definition) is 1. The molecule has 0 heterocycles. The predicted octanol–water partition coefficient (Wildman–Crippen LogP) is 3.86. The third-order valence-electron chi connectivity index (χ3n) is 3.84. The summed E-state index contributed by atoms with van der Waals surface area (Å²) in [5, 5.41) is 9.14. The summed E-state index contributed by atoms with van der Waals surface area (Å²) in [6, 6.07) is 14.5. The van der Waals surface area contributed by atoms with Crippen molar-refractivity contribution >= 4 is 12.2 Å². The summed E-state index contributed by atoms with van der Waals surface area (Å²) in [7, 11) is 1.68. The first-order chi connectivity index (χ1) is 10.3. The molecule has 0 aliphatic heterocycles. The van der Waals surface area contributed by atoms with E-state index in [4.69, 9.17) is 9.84 Å². The molecule has 0 fully saturated rings. The van der Waals surface area contributed by atoms with Crippen LogP contribution < -0.4 is 4.74 Å². The SMILES string of the molecule is COc1ccc2c(c1)C(C=CCO)c1ccccc1C=C2. The van der Waals surface area contributed by atoms with Gasteiger partial charge in [-0.05, 0) is 34.4 Å². The van der Waals surface area contributed by atoms with Crippen molar-refractivity contribution in [3.8, 4) is 5.75 Å². The van der Waals surface area contributed by atoms with Crippen LogP contribution in [0.15, 0.2) is 54.6 Å². The molecule has 0 radical (unpaired) electrons. The average Bonchev–Trinajstić information content (AvgIpc) is 2.69. The van der Waals surface area contributed by atoms with Crippen LogP contribution in [0.25, 0.3) is 12.2 Å². The van der Waals surface area contributed by atoms with Gasteiger partial charge >= 0.3 is 0 Å². The fourth-order valence-corrected chi connectivity index (χ4v) is 2.80. The van der Waals surface area contributed by atoms with Gasteiger partial charge in [0.1, 0.15) is 5.75 Å². The van der Waals surface area contributed by atoms with Crippen molar-refractivity contribution in [3.63, 3.8) is 0 Å². The smallest absolute Gasteiger partial charge is 0.119 e. The number of ether oxygens (including phenoxy) is 1. The minimum Gasteiger partial charge on any atom is -0.497 e. The highest BCUT2D eigenvalue weighted by Gasteiger charge is 2.19. The molecule has 0 saturated heterocycles. The minimum atomic E-state index is 0.0470. The van der Waals surface area contributed by atoms with Gasteiger partial charge in [0.25, 0.3) is 0 Å². The Hall–Kier alpha value is -2.32. The Balaban J connectivity index is 2.21. The zero-order valence-corrected chi connectivity index (χ0v) is 12.0. The second-order valence-electron chi connectivity index (χ2n) is 5.05. The quantitative estimate of drug-likeness (QED) is 0.864. The van der Waals surface area contributed by atoms with Crippen molar-refractivity contribution in [3.05, 3.63) is 76.9 Å². The first-order valence-electron chi connectivity index (χ1n) is 7.06. The van der Waals surface area contributed by atoms with Gasteiger partial charge in [0.2, 0.25) is 0 Å². The van der Waals surface area contributed by atoms with E-state index < -0.39 is 0 Å². The van der Waals surface area contributed by atoms with Crippen LogP contribution in [-0.4, -0.2) is 18.8 Å². The fourth-order valence-electron chi connectivity index (χ4n) is 2.80. The van der Waals surface area contributed by atoms with Gasteiger partial charge in [0, 0.05) is 5.92 Å². The number of benzene rings is 2. The van der Waals surface area contributed by atoms with E-state index in [1.54, 1.807) is 13.2 Å². The second-order valence-corrected chi connectivity index (χ2v) is 5.05. The lowest BCUT2D eigenvalue weighted by molar-refractivity contribution is 0.342. The number of fused-ring (bicyclic) bond motifs is 2. The third kappa shape index (κ3) is 2.63. The Bertz CT molecular complexity index is 698. The summed E-state index contributed by atoms with van der Waals surface area (Å²) in [6.07, 6.45) is 8.15. The number of allylic oxidation sites excluding steroid dienone is 1. The van der Waals surface area contributed by atoms with E-state index in [2.05, 4.69) is 48.6 Å². The maximum absolute atomic E-state index is 9.14. The molecular weight excluding hydrogens is 260 g/mol. The maximum Gasteiger partial charge on any atom is 0.119 e. The third-order valence-corrected chi connectivity index (χ3v) is 3.84. The molecule has 2 heteroatoms. The van der Waals surface area contributed by atoms with Crippen molar-refractivity contribution in [2.45, 2.75) is 5.92 Å². The van der Waals surface area contributed by atoms with Crippen LogP contribution in [0.1, 0.15) is 28.2 Å². The molecule has 2 aromatic rings. The summed E-state index contributed by atoms with van der Waals surface area (Å²) < 4.78 is 5.36. The number of rotatable bonds is 3. The first kappa shape index (κ1) is 13.7. The van der Waals surface area contributed by atoms with Crippen LogP contribution in [-0.2, 0) is 0 Å². The molecule has 1 N–H and O–H groups in total. The molecule has 106 valence electrons. The normalized spacial score (nSPS) is 16.4. The lowest BCUT2D eigenvalue weighted by Crippen LogP contribution is -2.02. The van der Waals surface area contributed by atoms with Gasteiger partial charge in [0.15, 0.2) is 0 Å². The largest absolute Gasteiger partial charge is 0.497 e. The molecule has 0 amide bonds. The molecule has 1 unspecified atom stereocenters. The fraction of sp³-hybridized carbons (Fsp3) is 0.158. The lowest BCUT2D eigenvalue weighted by Gasteiger charge is -2.17. The molecule has 2 nitrogen and oxygen atoms in total. The van der Waals surface area contributed by atoms with Crippen molar-refractivity contribution in [2.24, 2.45) is 0 Å². The Morgan fingerprint density at radius 3 is 2.57 bits per heavy atom. The van der Waals surface area contributed by atoms with E-state index >= 15 is 0 Å². The van der Waals surface area contributed by atoms with Crippen molar-refractivity contribution in [1.29, 1.82) is 0 Å². The lowest BCUT2D eigenvalue weighted by atomic mass is 9.87. The van der Waals surface area contributed by atoms with Crippen LogP contribution >= 0.6 is 0 Å². The van der Waals surface area contributed by atoms with Crippen LogP contribution in [0.2, 0.25) is 0 Å². The summed E-state index contributed by atoms with van der Waals surface area (Å²) >= 11 is 0. The highest BCUT2D eigenvalue weighted by Crippen LogP contribution is 2.37. The van der Waals surface area contributed by atoms with Crippen LogP contribution in [0, 0.1) is 0 Å². The molecule has 1 atom stereocenters. The average molecular weight is 278 g/mol. The van der Waals surface area contributed by atoms with Crippen LogP contribution in [0.4, 0.5) is 0 Å². The molecule has 0 spiro atoms. The van der Waals surface area contributed by atoms with E-state index in [-0.39, 0.29) is 12.5 Å².